The maximum absolute atomic E-state index is 12.2. The highest BCUT2D eigenvalue weighted by Crippen LogP contribution is 2.33. The van der Waals surface area contributed by atoms with E-state index in [0.717, 1.165) is 12.3 Å². The molecule has 0 radical (unpaired) electrons. The number of rotatable bonds is 5. The topological polar surface area (TPSA) is 166 Å². The van der Waals surface area contributed by atoms with E-state index in [1.807, 2.05) is 0 Å². The zero-order chi connectivity index (χ0) is 20.3. The molecule has 1 aliphatic heterocycles. The summed E-state index contributed by atoms with van der Waals surface area (Å²) in [6.45, 7) is 0.753. The minimum atomic E-state index is -0.965. The highest BCUT2D eigenvalue weighted by Gasteiger charge is 2.23. The number of phenols is 1. The molecular formula is C16H12N4O8. The number of nitro benzene ring substituents is 2. The highest BCUT2D eigenvalue weighted by molar-refractivity contribution is 5.96. The second-order valence-corrected chi connectivity index (χ2v) is 5.47. The largest absolute Gasteiger partial charge is 0.502 e. The fraction of sp³-hybridized carbons (Fsp3) is 0.125. The first-order valence-electron chi connectivity index (χ1n) is 7.75. The second kappa shape index (κ2) is 7.57. The summed E-state index contributed by atoms with van der Waals surface area (Å²) in [5.41, 5.74) is 0.604. The van der Waals surface area contributed by atoms with Crippen molar-refractivity contribution >= 4 is 23.5 Å². The fourth-order valence-electron chi connectivity index (χ4n) is 2.38. The molecule has 0 atom stereocenters. The number of non-ortho nitro benzene ring substituents is 1. The van der Waals surface area contributed by atoms with E-state index >= 15 is 0 Å². The van der Waals surface area contributed by atoms with Gasteiger partial charge in [0, 0.05) is 11.6 Å². The molecule has 3 rings (SSSR count). The fourth-order valence-corrected chi connectivity index (χ4v) is 2.38. The number of fused-ring (bicyclic) bond motifs is 1. The molecule has 0 bridgehead atoms. The van der Waals surface area contributed by atoms with E-state index < -0.39 is 32.9 Å². The minimum absolute atomic E-state index is 0.204. The van der Waals surface area contributed by atoms with Crippen molar-refractivity contribution in [3.05, 3.63) is 61.7 Å². The van der Waals surface area contributed by atoms with Crippen LogP contribution in [0.2, 0.25) is 0 Å². The quantitative estimate of drug-likeness (QED) is 0.444. The Morgan fingerprint density at radius 2 is 1.82 bits per heavy atom. The van der Waals surface area contributed by atoms with Gasteiger partial charge >= 0.3 is 5.69 Å². The molecule has 12 nitrogen and oxygen atoms in total. The van der Waals surface area contributed by atoms with Crippen molar-refractivity contribution in [1.29, 1.82) is 0 Å². The van der Waals surface area contributed by atoms with E-state index in [1.54, 1.807) is 6.07 Å². The zero-order valence-electron chi connectivity index (χ0n) is 14.0. The SMILES string of the molecule is O=C(N/N=C/c1cc([N+](=O)[O-])cc([N+](=O)[O-])c1O)c1ccc2c(c1)OCCO2. The third-order valence-electron chi connectivity index (χ3n) is 3.69. The van der Waals surface area contributed by atoms with Gasteiger partial charge in [0.2, 0.25) is 5.75 Å². The van der Waals surface area contributed by atoms with Crippen LogP contribution in [-0.2, 0) is 0 Å². The summed E-state index contributed by atoms with van der Waals surface area (Å²) in [6.07, 6.45) is 0.866. The van der Waals surface area contributed by atoms with E-state index in [1.165, 1.54) is 12.1 Å². The van der Waals surface area contributed by atoms with E-state index in [2.05, 4.69) is 10.5 Å². The first kappa shape index (κ1) is 18.6. The Morgan fingerprint density at radius 1 is 1.11 bits per heavy atom. The monoisotopic (exact) mass is 388 g/mol. The van der Waals surface area contributed by atoms with E-state index in [4.69, 9.17) is 9.47 Å². The first-order valence-corrected chi connectivity index (χ1v) is 7.75. The zero-order valence-corrected chi connectivity index (χ0v) is 14.0. The van der Waals surface area contributed by atoms with Crippen molar-refractivity contribution in [3.8, 4) is 17.2 Å². The molecule has 28 heavy (non-hydrogen) atoms. The van der Waals surface area contributed by atoms with Crippen LogP contribution >= 0.6 is 0 Å². The number of amides is 1. The molecule has 144 valence electrons. The van der Waals surface area contributed by atoms with Gasteiger partial charge in [-0.1, -0.05) is 0 Å². The Hall–Kier alpha value is -4.22. The second-order valence-electron chi connectivity index (χ2n) is 5.47. The Balaban J connectivity index is 1.79. The molecule has 0 saturated heterocycles. The molecule has 0 spiro atoms. The van der Waals surface area contributed by atoms with Crippen LogP contribution in [0.25, 0.3) is 0 Å². The van der Waals surface area contributed by atoms with Gasteiger partial charge in [0.05, 0.1) is 27.7 Å². The van der Waals surface area contributed by atoms with Crippen molar-refractivity contribution in [1.82, 2.24) is 5.43 Å². The van der Waals surface area contributed by atoms with Gasteiger partial charge < -0.3 is 14.6 Å². The van der Waals surface area contributed by atoms with Crippen LogP contribution in [0.1, 0.15) is 15.9 Å². The summed E-state index contributed by atoms with van der Waals surface area (Å²) in [4.78, 5) is 32.1. The number of carbonyl (C=O) groups is 1. The van der Waals surface area contributed by atoms with Crippen LogP contribution in [-0.4, -0.2) is 40.3 Å². The van der Waals surface area contributed by atoms with Gasteiger partial charge in [-0.2, -0.15) is 5.10 Å². The average molecular weight is 388 g/mol. The van der Waals surface area contributed by atoms with Crippen molar-refractivity contribution in [2.45, 2.75) is 0 Å². The number of hydrazone groups is 1. The number of nitrogens with one attached hydrogen (secondary N) is 1. The summed E-state index contributed by atoms with van der Waals surface area (Å²) >= 11 is 0. The molecule has 0 aromatic heterocycles. The molecule has 0 unspecified atom stereocenters. The lowest BCUT2D eigenvalue weighted by atomic mass is 10.1. The van der Waals surface area contributed by atoms with Crippen LogP contribution in [0, 0.1) is 20.2 Å². The number of phenolic OH excluding ortho intramolecular Hbond substituents is 1. The molecule has 2 N–H and O–H groups in total. The van der Waals surface area contributed by atoms with Gasteiger partial charge in [-0.15, -0.1) is 0 Å². The van der Waals surface area contributed by atoms with Crippen molar-refractivity contribution < 1.29 is 29.2 Å². The molecule has 0 saturated carbocycles. The summed E-state index contributed by atoms with van der Waals surface area (Å²) < 4.78 is 10.7. The molecule has 0 fully saturated rings. The standard InChI is InChI=1S/C16H12N4O8/c21-15-10(5-11(19(23)24)7-12(15)20(25)26)8-17-18-16(22)9-1-2-13-14(6-9)28-4-3-27-13/h1-2,5-8,21H,3-4H2,(H,18,22)/b17-8+. The summed E-state index contributed by atoms with van der Waals surface area (Å²) in [6, 6.07) is 6.01. The maximum atomic E-state index is 12.2. The molecule has 12 heteroatoms. The smallest absolute Gasteiger partial charge is 0.318 e. The lowest BCUT2D eigenvalue weighted by molar-refractivity contribution is -0.394. The van der Waals surface area contributed by atoms with Crippen LogP contribution in [0.5, 0.6) is 17.2 Å². The van der Waals surface area contributed by atoms with Gasteiger partial charge in [-0.25, -0.2) is 5.43 Å². The molecule has 0 aliphatic carbocycles. The van der Waals surface area contributed by atoms with Crippen LogP contribution in [0.3, 0.4) is 0 Å². The lowest BCUT2D eigenvalue weighted by Crippen LogP contribution is -2.19. The number of benzene rings is 2. The van der Waals surface area contributed by atoms with Crippen LogP contribution in [0.4, 0.5) is 11.4 Å². The average Bonchev–Trinajstić information content (AvgIpc) is 2.68. The summed E-state index contributed by atoms with van der Waals surface area (Å²) in [5, 5.41) is 35.3. The number of aromatic hydroxyl groups is 1. The number of ether oxygens (including phenoxy) is 2. The number of hydrogen-bond acceptors (Lipinski definition) is 9. The number of nitro groups is 2. The van der Waals surface area contributed by atoms with Gasteiger partial charge in [-0.05, 0) is 18.2 Å². The molecule has 1 amide bonds. The van der Waals surface area contributed by atoms with Gasteiger partial charge in [0.1, 0.15) is 13.2 Å². The maximum Gasteiger partial charge on any atom is 0.318 e. The normalized spacial score (nSPS) is 12.6. The summed E-state index contributed by atoms with van der Waals surface area (Å²) in [5.74, 6) is -0.546. The molecule has 1 heterocycles. The van der Waals surface area contributed by atoms with E-state index in [0.29, 0.717) is 30.8 Å². The third kappa shape index (κ3) is 3.80. The molecule has 1 aliphatic rings. The Bertz CT molecular complexity index is 1000. The highest BCUT2D eigenvalue weighted by atomic mass is 16.6. The summed E-state index contributed by atoms with van der Waals surface area (Å²) in [7, 11) is 0. The van der Waals surface area contributed by atoms with Gasteiger partial charge in [-0.3, -0.25) is 25.0 Å². The van der Waals surface area contributed by atoms with E-state index in [9.17, 15) is 30.1 Å². The van der Waals surface area contributed by atoms with Crippen molar-refractivity contribution in [3.63, 3.8) is 0 Å². The molecular weight excluding hydrogens is 376 g/mol. The lowest BCUT2D eigenvalue weighted by Gasteiger charge is -2.18. The number of nitrogens with zero attached hydrogens (tertiary/aromatic N) is 3. The Kier molecular flexibility index (Phi) is 5.02. The van der Waals surface area contributed by atoms with Gasteiger partial charge in [0.25, 0.3) is 11.6 Å². The van der Waals surface area contributed by atoms with E-state index in [-0.39, 0.29) is 11.1 Å². The third-order valence-corrected chi connectivity index (χ3v) is 3.69. The minimum Gasteiger partial charge on any atom is -0.502 e. The van der Waals surface area contributed by atoms with Crippen molar-refractivity contribution in [2.75, 3.05) is 13.2 Å². The van der Waals surface area contributed by atoms with Crippen LogP contribution in [0.15, 0.2) is 35.4 Å². The van der Waals surface area contributed by atoms with Crippen molar-refractivity contribution in [2.24, 2.45) is 5.10 Å². The first-order chi connectivity index (χ1) is 13.4. The van der Waals surface area contributed by atoms with Gasteiger partial charge in [0.15, 0.2) is 11.5 Å². The number of hydrogen-bond donors (Lipinski definition) is 2. The molecule has 2 aromatic rings. The molecule has 2 aromatic carbocycles. The predicted molar refractivity (Wildman–Crippen MR) is 93.9 cm³/mol. The number of carbonyl (C=O) groups excluding carboxylic acids is 1. The Morgan fingerprint density at radius 3 is 2.50 bits per heavy atom. The Labute approximate surface area is 156 Å². The van der Waals surface area contributed by atoms with Crippen LogP contribution < -0.4 is 14.9 Å². The predicted octanol–water partition coefficient (Wildman–Crippen LogP) is 1.74.